The molecule has 0 unspecified atom stereocenters. The van der Waals surface area contributed by atoms with E-state index in [-0.39, 0.29) is 4.99 Å². The van der Waals surface area contributed by atoms with Gasteiger partial charge in [0.05, 0.1) is 5.36 Å². The SMILES string of the molecule is O=S(=O)=C1C=c2cc(F)ccc2=N1. The first-order valence-corrected chi connectivity index (χ1v) is 4.56. The summed E-state index contributed by atoms with van der Waals surface area (Å²) in [6.07, 6.45) is 1.33. The number of fused-ring (bicyclic) bond motifs is 1. The van der Waals surface area contributed by atoms with Gasteiger partial charge in [0, 0.05) is 5.22 Å². The lowest BCUT2D eigenvalue weighted by molar-refractivity contribution is 0.625. The Labute approximate surface area is 74.4 Å². The molecule has 0 spiro atoms. The first kappa shape index (κ1) is 8.12. The molecule has 0 saturated carbocycles. The van der Waals surface area contributed by atoms with Gasteiger partial charge in [-0.3, -0.25) is 0 Å². The molecule has 1 aliphatic rings. The zero-order valence-electron chi connectivity index (χ0n) is 6.36. The fourth-order valence-electron chi connectivity index (χ4n) is 1.11. The predicted molar refractivity (Wildman–Crippen MR) is 45.6 cm³/mol. The summed E-state index contributed by atoms with van der Waals surface area (Å²) in [5.74, 6) is -0.400. The molecule has 1 aromatic rings. The molecule has 1 aliphatic heterocycles. The van der Waals surface area contributed by atoms with Crippen molar-refractivity contribution in [3.05, 3.63) is 34.6 Å². The van der Waals surface area contributed by atoms with Crippen LogP contribution in [0, 0.1) is 5.82 Å². The molecule has 66 valence electrons. The molecule has 13 heavy (non-hydrogen) atoms. The van der Waals surface area contributed by atoms with Crippen LogP contribution in [0.2, 0.25) is 0 Å². The van der Waals surface area contributed by atoms with Gasteiger partial charge < -0.3 is 0 Å². The minimum Gasteiger partial charge on any atom is -0.232 e. The maximum absolute atomic E-state index is 12.7. The fourth-order valence-corrected chi connectivity index (χ4v) is 1.51. The molecule has 1 aromatic carbocycles. The zero-order valence-corrected chi connectivity index (χ0v) is 7.18. The Morgan fingerprint density at radius 2 is 2.08 bits per heavy atom. The van der Waals surface area contributed by atoms with Gasteiger partial charge in [0.1, 0.15) is 5.82 Å². The van der Waals surface area contributed by atoms with E-state index in [2.05, 4.69) is 4.99 Å². The Morgan fingerprint density at radius 3 is 2.77 bits per heavy atom. The van der Waals surface area contributed by atoms with Crippen LogP contribution in [0.5, 0.6) is 0 Å². The highest BCUT2D eigenvalue weighted by Crippen LogP contribution is 1.90. The minimum atomic E-state index is -2.35. The summed E-state index contributed by atoms with van der Waals surface area (Å²) in [4.78, 5) is 3.72. The molecule has 0 amide bonds. The number of hydrogen-bond acceptors (Lipinski definition) is 2. The van der Waals surface area contributed by atoms with Crippen LogP contribution in [0.3, 0.4) is 0 Å². The first-order chi connectivity index (χ1) is 6.16. The average Bonchev–Trinajstić information content (AvgIpc) is 2.46. The van der Waals surface area contributed by atoms with Crippen molar-refractivity contribution in [3.8, 4) is 0 Å². The van der Waals surface area contributed by atoms with Crippen molar-refractivity contribution in [1.29, 1.82) is 0 Å². The van der Waals surface area contributed by atoms with Crippen LogP contribution in [-0.4, -0.2) is 13.4 Å². The first-order valence-electron chi connectivity index (χ1n) is 3.49. The van der Waals surface area contributed by atoms with Crippen molar-refractivity contribution < 1.29 is 12.8 Å². The van der Waals surface area contributed by atoms with Gasteiger partial charge in [0.25, 0.3) is 0 Å². The van der Waals surface area contributed by atoms with Gasteiger partial charge in [-0.1, -0.05) is 0 Å². The van der Waals surface area contributed by atoms with E-state index in [9.17, 15) is 12.8 Å². The van der Waals surface area contributed by atoms with Crippen molar-refractivity contribution in [2.75, 3.05) is 0 Å². The molecular weight excluding hydrogens is 193 g/mol. The highest BCUT2D eigenvalue weighted by atomic mass is 32.2. The highest BCUT2D eigenvalue weighted by molar-refractivity contribution is 7.73. The van der Waals surface area contributed by atoms with E-state index in [1.54, 1.807) is 0 Å². The molecule has 5 heteroatoms. The second-order valence-corrected chi connectivity index (χ2v) is 3.42. The molecule has 0 atom stereocenters. The molecule has 0 aliphatic carbocycles. The molecule has 0 N–H and O–H groups in total. The van der Waals surface area contributed by atoms with Gasteiger partial charge in [-0.15, -0.1) is 0 Å². The van der Waals surface area contributed by atoms with Gasteiger partial charge in [-0.25, -0.2) is 9.38 Å². The largest absolute Gasteiger partial charge is 0.240 e. The summed E-state index contributed by atoms with van der Waals surface area (Å²) in [6, 6.07) is 3.94. The summed E-state index contributed by atoms with van der Waals surface area (Å²) in [6.45, 7) is 0. The number of nitrogens with zero attached hydrogens (tertiary/aromatic N) is 1. The van der Waals surface area contributed by atoms with Crippen LogP contribution in [0.15, 0.2) is 23.2 Å². The molecule has 0 fully saturated rings. The van der Waals surface area contributed by atoms with Crippen LogP contribution >= 0.6 is 0 Å². The topological polar surface area (TPSA) is 46.5 Å². The Morgan fingerprint density at radius 1 is 1.31 bits per heavy atom. The number of rotatable bonds is 0. The molecule has 0 saturated heterocycles. The molecule has 1 heterocycles. The summed E-state index contributed by atoms with van der Waals surface area (Å²) in [5.41, 5.74) is 0. The smallest absolute Gasteiger partial charge is 0.232 e. The van der Waals surface area contributed by atoms with E-state index in [1.165, 1.54) is 24.3 Å². The van der Waals surface area contributed by atoms with Crippen molar-refractivity contribution in [1.82, 2.24) is 0 Å². The van der Waals surface area contributed by atoms with Crippen LogP contribution in [0.25, 0.3) is 6.08 Å². The van der Waals surface area contributed by atoms with Gasteiger partial charge >= 0.3 is 0 Å². The molecule has 0 bridgehead atoms. The van der Waals surface area contributed by atoms with E-state index < -0.39 is 16.1 Å². The van der Waals surface area contributed by atoms with Gasteiger partial charge in [0.15, 0.2) is 4.99 Å². The minimum absolute atomic E-state index is 0.0550. The summed E-state index contributed by atoms with van der Waals surface area (Å²) >= 11 is 0. The van der Waals surface area contributed by atoms with E-state index in [1.807, 2.05) is 0 Å². The van der Waals surface area contributed by atoms with E-state index >= 15 is 0 Å². The van der Waals surface area contributed by atoms with Gasteiger partial charge in [-0.2, -0.15) is 8.42 Å². The number of hydrogen-bond donors (Lipinski definition) is 0. The Bertz CT molecular complexity index is 608. The van der Waals surface area contributed by atoms with Crippen LogP contribution in [0.4, 0.5) is 4.39 Å². The Balaban J connectivity index is 2.90. The van der Waals surface area contributed by atoms with E-state index in [4.69, 9.17) is 0 Å². The lowest BCUT2D eigenvalue weighted by Crippen LogP contribution is -2.20. The highest BCUT2D eigenvalue weighted by Gasteiger charge is 2.03. The third-order valence-corrected chi connectivity index (χ3v) is 2.22. The van der Waals surface area contributed by atoms with Crippen molar-refractivity contribution >= 4 is 21.4 Å². The number of halogens is 1. The zero-order chi connectivity index (χ0) is 9.42. The van der Waals surface area contributed by atoms with Gasteiger partial charge in [-0.05, 0) is 24.3 Å². The third kappa shape index (κ3) is 1.38. The molecule has 3 nitrogen and oxygen atoms in total. The molecule has 0 aromatic heterocycles. The van der Waals surface area contributed by atoms with Crippen molar-refractivity contribution in [3.63, 3.8) is 0 Å². The van der Waals surface area contributed by atoms with Crippen molar-refractivity contribution in [2.24, 2.45) is 4.99 Å². The second-order valence-electron chi connectivity index (χ2n) is 2.53. The van der Waals surface area contributed by atoms with E-state index in [0.717, 1.165) is 0 Å². The molecule has 0 radical (unpaired) electrons. The lowest BCUT2D eigenvalue weighted by Gasteiger charge is -1.83. The maximum atomic E-state index is 12.7. The third-order valence-electron chi connectivity index (χ3n) is 1.67. The quantitative estimate of drug-likeness (QED) is 0.514. The normalized spacial score (nSPS) is 13.2. The van der Waals surface area contributed by atoms with Crippen LogP contribution in [-0.2, 0) is 10.3 Å². The standard InChI is InChI=1S/C8H4FNO2S/c9-6-1-2-7-5(3-6)4-8(10-7)13(11)12/h1-4H. The van der Waals surface area contributed by atoms with Crippen LogP contribution in [0.1, 0.15) is 0 Å². The molecule has 2 rings (SSSR count). The van der Waals surface area contributed by atoms with E-state index in [0.29, 0.717) is 10.6 Å². The fraction of sp³-hybridized carbons (Fsp3) is 0. The predicted octanol–water partition coefficient (Wildman–Crippen LogP) is -0.752. The van der Waals surface area contributed by atoms with Crippen molar-refractivity contribution in [2.45, 2.75) is 0 Å². The Kier molecular flexibility index (Phi) is 1.73. The van der Waals surface area contributed by atoms with Crippen LogP contribution < -0.4 is 10.6 Å². The Hall–Kier alpha value is -1.49. The average molecular weight is 197 g/mol. The maximum Gasteiger partial charge on any atom is 0.240 e. The summed E-state index contributed by atoms with van der Waals surface area (Å²) in [7, 11) is -2.35. The lowest BCUT2D eigenvalue weighted by atomic mass is 10.3. The molecular formula is C8H4FNO2S. The summed E-state index contributed by atoms with van der Waals surface area (Å²) in [5, 5.41) is 0.986. The number of benzene rings is 1. The second kappa shape index (κ2) is 2.77. The summed E-state index contributed by atoms with van der Waals surface area (Å²) < 4.78 is 33.7. The monoisotopic (exact) mass is 197 g/mol. The van der Waals surface area contributed by atoms with Gasteiger partial charge in [0.2, 0.25) is 10.3 Å².